The second-order valence-corrected chi connectivity index (χ2v) is 4.13. The van der Waals surface area contributed by atoms with Crippen LogP contribution < -0.4 is 10.5 Å². The van der Waals surface area contributed by atoms with Gasteiger partial charge in [0.15, 0.2) is 0 Å². The summed E-state index contributed by atoms with van der Waals surface area (Å²) in [7, 11) is 0. The number of H-pyrrole nitrogens is 1. The predicted octanol–water partition coefficient (Wildman–Crippen LogP) is 0.422. The fraction of sp³-hybridized carbons (Fsp3) is 0.444. The Bertz CT molecular complexity index is 457. The number of rotatable bonds is 1. The minimum absolute atomic E-state index is 0.108. The fourth-order valence-corrected chi connectivity index (χ4v) is 1.83. The Kier molecular flexibility index (Phi) is 2.48. The van der Waals surface area contributed by atoms with Gasteiger partial charge < -0.3 is 0 Å². The highest BCUT2D eigenvalue weighted by atomic mass is 35.5. The van der Waals surface area contributed by atoms with E-state index in [1.54, 1.807) is 6.92 Å². The molecule has 1 atom stereocenters. The molecule has 0 radical (unpaired) electrons. The van der Waals surface area contributed by atoms with Crippen LogP contribution in [0.1, 0.15) is 12.1 Å². The molecule has 0 saturated carbocycles. The maximum absolute atomic E-state index is 11.5. The summed E-state index contributed by atoms with van der Waals surface area (Å²) >= 11 is 5.85. The van der Waals surface area contributed by atoms with Gasteiger partial charge in [-0.1, -0.05) is 0 Å². The second kappa shape index (κ2) is 3.66. The first-order chi connectivity index (χ1) is 7.06. The molecule has 5 nitrogen and oxygen atoms in total. The minimum atomic E-state index is -0.261. The van der Waals surface area contributed by atoms with Crippen molar-refractivity contribution >= 4 is 23.5 Å². The van der Waals surface area contributed by atoms with Crippen molar-refractivity contribution in [2.24, 2.45) is 0 Å². The molecule has 0 spiro atoms. The number of halogens is 1. The van der Waals surface area contributed by atoms with E-state index in [1.807, 2.05) is 0 Å². The highest BCUT2D eigenvalue weighted by molar-refractivity contribution is 6.24. The van der Waals surface area contributed by atoms with Gasteiger partial charge in [0.2, 0.25) is 11.9 Å². The van der Waals surface area contributed by atoms with Gasteiger partial charge in [0, 0.05) is 24.7 Å². The van der Waals surface area contributed by atoms with Gasteiger partial charge in [-0.3, -0.25) is 19.5 Å². The summed E-state index contributed by atoms with van der Waals surface area (Å²) in [4.78, 5) is 30.7. The van der Waals surface area contributed by atoms with E-state index in [4.69, 9.17) is 11.6 Å². The average molecular weight is 228 g/mol. The third kappa shape index (κ3) is 2.02. The molecule has 6 heteroatoms. The number of aromatic nitrogens is 2. The van der Waals surface area contributed by atoms with Gasteiger partial charge in [-0.05, 0) is 6.92 Å². The molecule has 1 unspecified atom stereocenters. The smallest absolute Gasteiger partial charge is 0.252 e. The summed E-state index contributed by atoms with van der Waals surface area (Å²) in [6, 6.07) is 1.38. The van der Waals surface area contributed by atoms with Crippen molar-refractivity contribution in [3.63, 3.8) is 0 Å². The molecule has 1 aliphatic rings. The van der Waals surface area contributed by atoms with E-state index in [1.165, 1.54) is 11.0 Å². The molecule has 0 aliphatic carbocycles. The number of hydrogen-bond donors (Lipinski definition) is 1. The molecule has 80 valence electrons. The molecule has 1 fully saturated rings. The third-order valence-electron chi connectivity index (χ3n) is 2.19. The number of alkyl halides is 1. The molecule has 0 aromatic carbocycles. The number of nitrogens with one attached hydrogen (secondary N) is 1. The number of amides is 1. The standard InChI is InChI=1S/C9H10ClN3O2/c1-5-2-7(14)12-9(11-5)13-4-6(10)3-8(13)15/h2,6H,3-4H2,1H3,(H,11,12,14). The zero-order valence-electron chi connectivity index (χ0n) is 8.16. The van der Waals surface area contributed by atoms with Crippen LogP contribution in [0.25, 0.3) is 0 Å². The highest BCUT2D eigenvalue weighted by Gasteiger charge is 2.30. The van der Waals surface area contributed by atoms with E-state index >= 15 is 0 Å². The molecule has 1 aromatic rings. The van der Waals surface area contributed by atoms with Crippen molar-refractivity contribution in [2.45, 2.75) is 18.7 Å². The number of hydrogen-bond acceptors (Lipinski definition) is 3. The van der Waals surface area contributed by atoms with E-state index in [0.29, 0.717) is 18.7 Å². The van der Waals surface area contributed by atoms with Gasteiger partial charge in [0.25, 0.3) is 5.56 Å². The fourth-order valence-electron chi connectivity index (χ4n) is 1.56. The number of carbonyl (C=O) groups excluding carboxylic acids is 1. The maximum atomic E-state index is 11.5. The zero-order valence-corrected chi connectivity index (χ0v) is 8.91. The molecule has 1 saturated heterocycles. The molecule has 2 heterocycles. The Morgan fingerprint density at radius 3 is 2.87 bits per heavy atom. The van der Waals surface area contributed by atoms with Crippen LogP contribution in [-0.2, 0) is 4.79 Å². The molecule has 1 N–H and O–H groups in total. The zero-order chi connectivity index (χ0) is 11.0. The van der Waals surface area contributed by atoms with Crippen LogP contribution >= 0.6 is 11.6 Å². The van der Waals surface area contributed by atoms with E-state index in [-0.39, 0.29) is 22.8 Å². The van der Waals surface area contributed by atoms with Crippen LogP contribution in [0.5, 0.6) is 0 Å². The van der Waals surface area contributed by atoms with Crippen molar-refractivity contribution in [1.82, 2.24) is 9.97 Å². The Morgan fingerprint density at radius 1 is 1.60 bits per heavy atom. The second-order valence-electron chi connectivity index (χ2n) is 3.52. The molecular formula is C9H10ClN3O2. The Balaban J connectivity index is 2.37. The predicted molar refractivity (Wildman–Crippen MR) is 56.2 cm³/mol. The van der Waals surface area contributed by atoms with Crippen LogP contribution in [0.2, 0.25) is 0 Å². The van der Waals surface area contributed by atoms with Crippen molar-refractivity contribution in [3.8, 4) is 0 Å². The van der Waals surface area contributed by atoms with E-state index < -0.39 is 0 Å². The van der Waals surface area contributed by atoms with Crippen molar-refractivity contribution in [1.29, 1.82) is 0 Å². The third-order valence-corrected chi connectivity index (χ3v) is 2.48. The number of anilines is 1. The normalized spacial score (nSPS) is 21.1. The van der Waals surface area contributed by atoms with Gasteiger partial charge in [-0.2, -0.15) is 0 Å². The molecule has 0 bridgehead atoms. The van der Waals surface area contributed by atoms with Crippen LogP contribution in [-0.4, -0.2) is 27.8 Å². The molecular weight excluding hydrogens is 218 g/mol. The first-order valence-corrected chi connectivity index (χ1v) is 5.02. The van der Waals surface area contributed by atoms with Crippen molar-refractivity contribution < 1.29 is 4.79 Å². The lowest BCUT2D eigenvalue weighted by Crippen LogP contribution is -2.29. The summed E-state index contributed by atoms with van der Waals surface area (Å²) in [5.74, 6) is 0.178. The molecule has 1 amide bonds. The highest BCUT2D eigenvalue weighted by Crippen LogP contribution is 2.20. The van der Waals surface area contributed by atoms with Crippen molar-refractivity contribution in [2.75, 3.05) is 11.4 Å². The van der Waals surface area contributed by atoms with Gasteiger partial charge in [0.1, 0.15) is 0 Å². The summed E-state index contributed by atoms with van der Waals surface area (Å²) in [6.45, 7) is 2.10. The van der Waals surface area contributed by atoms with Gasteiger partial charge >= 0.3 is 0 Å². The summed E-state index contributed by atoms with van der Waals surface area (Å²) in [5.41, 5.74) is 0.322. The minimum Gasteiger partial charge on any atom is -0.292 e. The number of nitrogens with zero attached hydrogens (tertiary/aromatic N) is 2. The lowest BCUT2D eigenvalue weighted by Gasteiger charge is -2.13. The SMILES string of the molecule is Cc1cc(=O)[nH]c(N2CC(Cl)CC2=O)n1. The number of aromatic amines is 1. The topological polar surface area (TPSA) is 66.1 Å². The quantitative estimate of drug-likeness (QED) is 0.708. The molecule has 1 aromatic heterocycles. The Labute approximate surface area is 91.1 Å². The Morgan fingerprint density at radius 2 is 2.33 bits per heavy atom. The maximum Gasteiger partial charge on any atom is 0.252 e. The Hall–Kier alpha value is -1.36. The monoisotopic (exact) mass is 227 g/mol. The van der Waals surface area contributed by atoms with Crippen LogP contribution in [0.15, 0.2) is 10.9 Å². The molecule has 2 rings (SSSR count). The first-order valence-electron chi connectivity index (χ1n) is 4.58. The number of carbonyl (C=O) groups is 1. The summed E-state index contributed by atoms with van der Waals surface area (Å²) in [6.07, 6.45) is 0.291. The van der Waals surface area contributed by atoms with E-state index in [0.717, 1.165) is 0 Å². The first kappa shape index (κ1) is 10.2. The lowest BCUT2D eigenvalue weighted by atomic mass is 10.4. The number of aryl methyl sites for hydroxylation is 1. The van der Waals surface area contributed by atoms with E-state index in [9.17, 15) is 9.59 Å². The van der Waals surface area contributed by atoms with Gasteiger partial charge in [-0.15, -0.1) is 11.6 Å². The average Bonchev–Trinajstić information content (AvgIpc) is 2.43. The molecule has 1 aliphatic heterocycles. The molecule has 15 heavy (non-hydrogen) atoms. The van der Waals surface area contributed by atoms with Crippen molar-refractivity contribution in [3.05, 3.63) is 22.1 Å². The van der Waals surface area contributed by atoms with Crippen LogP contribution in [0, 0.1) is 6.92 Å². The summed E-state index contributed by atoms with van der Waals surface area (Å²) < 4.78 is 0. The largest absolute Gasteiger partial charge is 0.292 e. The van der Waals surface area contributed by atoms with Gasteiger partial charge in [0.05, 0.1) is 5.38 Å². The van der Waals surface area contributed by atoms with Crippen LogP contribution in [0.4, 0.5) is 5.95 Å². The summed E-state index contributed by atoms with van der Waals surface area (Å²) in [5, 5.41) is -0.205. The van der Waals surface area contributed by atoms with Gasteiger partial charge in [-0.25, -0.2) is 4.98 Å². The van der Waals surface area contributed by atoms with E-state index in [2.05, 4.69) is 9.97 Å². The lowest BCUT2D eigenvalue weighted by molar-refractivity contribution is -0.117. The van der Waals surface area contributed by atoms with Crippen LogP contribution in [0.3, 0.4) is 0 Å².